The number of aryl methyl sites for hydroxylation is 2. The molecule has 0 unspecified atom stereocenters. The van der Waals surface area contributed by atoms with E-state index in [2.05, 4.69) is 15.5 Å². The van der Waals surface area contributed by atoms with Crippen molar-refractivity contribution >= 4 is 11.9 Å². The number of aromatic nitrogens is 2. The summed E-state index contributed by atoms with van der Waals surface area (Å²) in [6.07, 6.45) is 0.426. The molecule has 0 saturated heterocycles. The van der Waals surface area contributed by atoms with Gasteiger partial charge in [0.1, 0.15) is 6.04 Å². The summed E-state index contributed by atoms with van der Waals surface area (Å²) in [6.45, 7) is 5.16. The molecule has 1 rings (SSSR count). The smallest absolute Gasteiger partial charge is 0.326 e. The van der Waals surface area contributed by atoms with Crippen LogP contribution < -0.4 is 5.32 Å². The highest BCUT2D eigenvalue weighted by Crippen LogP contribution is 2.04. The standard InChI is InChI=1S/C11H17N3O4/c1-6(2)10(11(16)17)13-8(15)4-5-9-12-7(3)14-18-9/h6,10H,4-5H2,1-3H3,(H,13,15)(H,16,17)/t10-/m1/s1. The molecule has 1 heterocycles. The van der Waals surface area contributed by atoms with Crippen molar-refractivity contribution in [2.75, 3.05) is 0 Å². The van der Waals surface area contributed by atoms with E-state index >= 15 is 0 Å². The average molecular weight is 255 g/mol. The predicted octanol–water partition coefficient (Wildman–Crippen LogP) is 0.536. The number of hydrogen-bond acceptors (Lipinski definition) is 5. The van der Waals surface area contributed by atoms with E-state index < -0.39 is 12.0 Å². The lowest BCUT2D eigenvalue weighted by atomic mass is 10.0. The Hall–Kier alpha value is -1.92. The second-order valence-corrected chi connectivity index (χ2v) is 4.36. The third-order valence-corrected chi connectivity index (χ3v) is 2.38. The van der Waals surface area contributed by atoms with Crippen LogP contribution in [0.1, 0.15) is 32.0 Å². The van der Waals surface area contributed by atoms with Gasteiger partial charge in [0, 0.05) is 12.8 Å². The average Bonchev–Trinajstić information content (AvgIpc) is 2.68. The second-order valence-electron chi connectivity index (χ2n) is 4.36. The van der Waals surface area contributed by atoms with Gasteiger partial charge in [-0.05, 0) is 12.8 Å². The maximum atomic E-state index is 11.6. The zero-order valence-corrected chi connectivity index (χ0v) is 10.6. The minimum atomic E-state index is -1.04. The zero-order valence-electron chi connectivity index (χ0n) is 10.6. The third-order valence-electron chi connectivity index (χ3n) is 2.38. The highest BCUT2D eigenvalue weighted by Gasteiger charge is 2.23. The normalized spacial score (nSPS) is 12.4. The Morgan fingerprint density at radius 1 is 1.44 bits per heavy atom. The predicted molar refractivity (Wildman–Crippen MR) is 61.8 cm³/mol. The molecule has 1 aromatic rings. The van der Waals surface area contributed by atoms with Gasteiger partial charge < -0.3 is 14.9 Å². The fourth-order valence-electron chi connectivity index (χ4n) is 1.42. The Kier molecular flexibility index (Phi) is 4.82. The minimum absolute atomic E-state index is 0.123. The first-order valence-electron chi connectivity index (χ1n) is 5.71. The number of aliphatic carboxylic acids is 1. The number of carboxylic acids is 1. The van der Waals surface area contributed by atoms with Crippen molar-refractivity contribution in [2.24, 2.45) is 5.92 Å². The Labute approximate surface area is 105 Å². The topological polar surface area (TPSA) is 105 Å². The molecule has 0 aromatic carbocycles. The van der Waals surface area contributed by atoms with E-state index in [1.807, 2.05) is 0 Å². The fraction of sp³-hybridized carbons (Fsp3) is 0.636. The van der Waals surface area contributed by atoms with Crippen molar-refractivity contribution in [2.45, 2.75) is 39.7 Å². The molecule has 0 aliphatic rings. The highest BCUT2D eigenvalue weighted by molar-refractivity contribution is 5.83. The summed E-state index contributed by atoms with van der Waals surface area (Å²) in [5, 5.41) is 15.0. The number of rotatable bonds is 6. The minimum Gasteiger partial charge on any atom is -0.480 e. The van der Waals surface area contributed by atoms with Gasteiger partial charge in [-0.3, -0.25) is 4.79 Å². The molecule has 0 spiro atoms. The van der Waals surface area contributed by atoms with Crippen LogP contribution >= 0.6 is 0 Å². The van der Waals surface area contributed by atoms with E-state index in [9.17, 15) is 9.59 Å². The van der Waals surface area contributed by atoms with Crippen LogP contribution in [0.4, 0.5) is 0 Å². The Bertz CT molecular complexity index is 428. The first kappa shape index (κ1) is 14.1. The third kappa shape index (κ3) is 4.15. The molecule has 0 bridgehead atoms. The van der Waals surface area contributed by atoms with Crippen LogP contribution in [0, 0.1) is 12.8 Å². The molecule has 7 heteroatoms. The second kappa shape index (κ2) is 6.13. The van der Waals surface area contributed by atoms with Crippen LogP contribution in [0.2, 0.25) is 0 Å². The van der Waals surface area contributed by atoms with Crippen molar-refractivity contribution in [3.8, 4) is 0 Å². The molecule has 0 aliphatic heterocycles. The number of carboxylic acid groups (broad SMARTS) is 1. The van der Waals surface area contributed by atoms with Crippen molar-refractivity contribution in [1.29, 1.82) is 0 Å². The van der Waals surface area contributed by atoms with Gasteiger partial charge in [0.2, 0.25) is 11.8 Å². The summed E-state index contributed by atoms with van der Waals surface area (Å²) in [7, 11) is 0. The van der Waals surface area contributed by atoms with Crippen molar-refractivity contribution in [3.63, 3.8) is 0 Å². The van der Waals surface area contributed by atoms with Gasteiger partial charge in [-0.25, -0.2) is 4.79 Å². The van der Waals surface area contributed by atoms with E-state index in [-0.39, 0.29) is 18.2 Å². The lowest BCUT2D eigenvalue weighted by Crippen LogP contribution is -2.44. The first-order valence-corrected chi connectivity index (χ1v) is 5.71. The number of carbonyl (C=O) groups is 2. The summed E-state index contributed by atoms with van der Waals surface area (Å²) in [5.41, 5.74) is 0. The van der Waals surface area contributed by atoms with E-state index in [1.54, 1.807) is 20.8 Å². The molecule has 1 amide bonds. The number of carbonyl (C=O) groups excluding carboxylic acids is 1. The van der Waals surface area contributed by atoms with E-state index in [4.69, 9.17) is 9.63 Å². The maximum absolute atomic E-state index is 11.6. The van der Waals surface area contributed by atoms with Gasteiger partial charge in [0.15, 0.2) is 5.82 Å². The maximum Gasteiger partial charge on any atom is 0.326 e. The van der Waals surface area contributed by atoms with Crippen molar-refractivity contribution in [1.82, 2.24) is 15.5 Å². The van der Waals surface area contributed by atoms with Crippen LogP contribution in [0.3, 0.4) is 0 Å². The quantitative estimate of drug-likeness (QED) is 0.768. The molecular formula is C11H17N3O4. The summed E-state index contributed by atoms with van der Waals surface area (Å²) in [4.78, 5) is 26.4. The van der Waals surface area contributed by atoms with Crippen LogP contribution in [0.25, 0.3) is 0 Å². The van der Waals surface area contributed by atoms with Crippen molar-refractivity contribution < 1.29 is 19.2 Å². The zero-order chi connectivity index (χ0) is 13.7. The van der Waals surface area contributed by atoms with Gasteiger partial charge in [-0.15, -0.1) is 0 Å². The number of nitrogens with one attached hydrogen (secondary N) is 1. The molecule has 1 aromatic heterocycles. The fourth-order valence-corrected chi connectivity index (χ4v) is 1.42. The SMILES string of the molecule is Cc1noc(CCC(=O)N[C@@H](C(=O)O)C(C)C)n1. The monoisotopic (exact) mass is 255 g/mol. The molecule has 2 N–H and O–H groups in total. The molecule has 0 saturated carbocycles. The Morgan fingerprint density at radius 3 is 2.56 bits per heavy atom. The van der Waals surface area contributed by atoms with Gasteiger partial charge in [0.25, 0.3) is 0 Å². The van der Waals surface area contributed by atoms with Gasteiger partial charge in [-0.1, -0.05) is 19.0 Å². The molecule has 7 nitrogen and oxygen atoms in total. The lowest BCUT2D eigenvalue weighted by molar-refractivity contribution is -0.143. The summed E-state index contributed by atoms with van der Waals surface area (Å²) >= 11 is 0. The van der Waals surface area contributed by atoms with Crippen LogP contribution in [0.15, 0.2) is 4.52 Å². The number of hydrogen-bond donors (Lipinski definition) is 2. The molecule has 0 radical (unpaired) electrons. The van der Waals surface area contributed by atoms with Crippen LogP contribution in [-0.2, 0) is 16.0 Å². The molecule has 0 fully saturated rings. The molecule has 18 heavy (non-hydrogen) atoms. The van der Waals surface area contributed by atoms with E-state index in [0.29, 0.717) is 18.1 Å². The first-order chi connectivity index (χ1) is 8.40. The van der Waals surface area contributed by atoms with E-state index in [0.717, 1.165) is 0 Å². The highest BCUT2D eigenvalue weighted by atomic mass is 16.5. The van der Waals surface area contributed by atoms with Crippen molar-refractivity contribution in [3.05, 3.63) is 11.7 Å². The largest absolute Gasteiger partial charge is 0.480 e. The molecule has 100 valence electrons. The molecule has 0 aliphatic carbocycles. The number of amides is 1. The van der Waals surface area contributed by atoms with Gasteiger partial charge >= 0.3 is 5.97 Å². The van der Waals surface area contributed by atoms with Gasteiger partial charge in [0.05, 0.1) is 0 Å². The molecule has 1 atom stereocenters. The van der Waals surface area contributed by atoms with Crippen LogP contribution in [-0.4, -0.2) is 33.2 Å². The van der Waals surface area contributed by atoms with Crippen LogP contribution in [0.5, 0.6) is 0 Å². The molecular weight excluding hydrogens is 238 g/mol. The lowest BCUT2D eigenvalue weighted by Gasteiger charge is -2.17. The summed E-state index contributed by atoms with van der Waals surface area (Å²) in [6, 6.07) is -0.873. The Balaban J connectivity index is 2.43. The van der Waals surface area contributed by atoms with E-state index in [1.165, 1.54) is 0 Å². The summed E-state index contributed by atoms with van der Waals surface area (Å²) < 4.78 is 4.86. The Morgan fingerprint density at radius 2 is 2.11 bits per heavy atom. The number of nitrogens with zero attached hydrogens (tertiary/aromatic N) is 2. The van der Waals surface area contributed by atoms with Gasteiger partial charge in [-0.2, -0.15) is 4.98 Å². The summed E-state index contributed by atoms with van der Waals surface area (Å²) in [5.74, 6) is -0.661.